The van der Waals surface area contributed by atoms with Gasteiger partial charge in [0, 0.05) is 12.6 Å². The van der Waals surface area contributed by atoms with E-state index in [1.54, 1.807) is 6.07 Å². The maximum Gasteiger partial charge on any atom is 0.191 e. The second-order valence-corrected chi connectivity index (χ2v) is 5.21. The highest BCUT2D eigenvalue weighted by atomic mass is 32.2. The molecule has 1 rings (SSSR count). The van der Waals surface area contributed by atoms with Crippen molar-refractivity contribution in [3.05, 3.63) is 6.07 Å². The molecule has 0 aliphatic rings. The Morgan fingerprint density at radius 2 is 2.06 bits per heavy atom. The average molecular weight is 271 g/mol. The standard InChI is InChI=1S/C11H21N5OS/c1-7(2)4-8(17)6-13-9-5-10(16-12)15-11(14-9)18-3/h5,7-8,17H,4,6,12H2,1-3H3,(H2,13,14,15,16). The molecule has 0 bridgehead atoms. The van der Waals surface area contributed by atoms with E-state index in [4.69, 9.17) is 5.84 Å². The van der Waals surface area contributed by atoms with Crippen LogP contribution < -0.4 is 16.6 Å². The van der Waals surface area contributed by atoms with Crippen LogP contribution in [0.4, 0.5) is 11.6 Å². The predicted octanol–water partition coefficient (Wildman–Crippen LogP) is 1.30. The summed E-state index contributed by atoms with van der Waals surface area (Å²) in [7, 11) is 0. The van der Waals surface area contributed by atoms with E-state index in [1.165, 1.54) is 11.8 Å². The average Bonchev–Trinajstić information content (AvgIpc) is 2.35. The monoisotopic (exact) mass is 271 g/mol. The fourth-order valence-corrected chi connectivity index (χ4v) is 1.91. The predicted molar refractivity (Wildman–Crippen MR) is 75.6 cm³/mol. The number of anilines is 2. The van der Waals surface area contributed by atoms with Crippen molar-refractivity contribution in [3.63, 3.8) is 0 Å². The van der Waals surface area contributed by atoms with Gasteiger partial charge < -0.3 is 15.8 Å². The molecule has 1 heterocycles. The molecule has 1 aromatic heterocycles. The van der Waals surface area contributed by atoms with Gasteiger partial charge in [0.25, 0.3) is 0 Å². The molecule has 0 aromatic carbocycles. The number of nitrogens with zero attached hydrogens (tertiary/aromatic N) is 2. The van der Waals surface area contributed by atoms with E-state index >= 15 is 0 Å². The lowest BCUT2D eigenvalue weighted by Crippen LogP contribution is -2.22. The van der Waals surface area contributed by atoms with Gasteiger partial charge in [-0.15, -0.1) is 0 Å². The second kappa shape index (κ2) is 7.40. The number of hydrogen-bond donors (Lipinski definition) is 4. The minimum atomic E-state index is -0.382. The van der Waals surface area contributed by atoms with E-state index in [9.17, 15) is 5.11 Å². The summed E-state index contributed by atoms with van der Waals surface area (Å²) in [6, 6.07) is 1.71. The second-order valence-electron chi connectivity index (χ2n) is 4.43. The van der Waals surface area contributed by atoms with Crippen LogP contribution in [0.5, 0.6) is 0 Å². The number of hydrazine groups is 1. The highest BCUT2D eigenvalue weighted by Crippen LogP contribution is 2.16. The van der Waals surface area contributed by atoms with Crippen molar-refractivity contribution in [1.82, 2.24) is 9.97 Å². The summed E-state index contributed by atoms with van der Waals surface area (Å²) >= 11 is 1.44. The van der Waals surface area contributed by atoms with Crippen LogP contribution in [0.2, 0.25) is 0 Å². The van der Waals surface area contributed by atoms with E-state index in [0.29, 0.717) is 29.3 Å². The largest absolute Gasteiger partial charge is 0.391 e. The molecule has 1 aromatic rings. The van der Waals surface area contributed by atoms with Gasteiger partial charge in [-0.1, -0.05) is 25.6 Å². The molecule has 1 atom stereocenters. The number of thioether (sulfide) groups is 1. The molecule has 102 valence electrons. The SMILES string of the molecule is CSc1nc(NN)cc(NCC(O)CC(C)C)n1. The third-order valence-electron chi connectivity index (χ3n) is 2.30. The Hall–Kier alpha value is -1.05. The lowest BCUT2D eigenvalue weighted by atomic mass is 10.1. The number of aromatic nitrogens is 2. The lowest BCUT2D eigenvalue weighted by molar-refractivity contribution is 0.161. The Morgan fingerprint density at radius 1 is 1.39 bits per heavy atom. The van der Waals surface area contributed by atoms with Gasteiger partial charge in [0.1, 0.15) is 11.6 Å². The highest BCUT2D eigenvalue weighted by Gasteiger charge is 2.08. The molecule has 6 nitrogen and oxygen atoms in total. The van der Waals surface area contributed by atoms with Crippen molar-refractivity contribution in [2.75, 3.05) is 23.5 Å². The first-order valence-electron chi connectivity index (χ1n) is 5.86. The van der Waals surface area contributed by atoms with Crippen molar-refractivity contribution in [2.24, 2.45) is 11.8 Å². The molecule has 7 heteroatoms. The maximum absolute atomic E-state index is 9.78. The molecular formula is C11H21N5OS. The van der Waals surface area contributed by atoms with Crippen molar-refractivity contribution in [2.45, 2.75) is 31.5 Å². The molecule has 0 radical (unpaired) electrons. The van der Waals surface area contributed by atoms with E-state index in [1.807, 2.05) is 6.26 Å². The van der Waals surface area contributed by atoms with Crippen LogP contribution in [0.25, 0.3) is 0 Å². The molecular weight excluding hydrogens is 250 g/mol. The Labute approximate surface area is 112 Å². The number of aliphatic hydroxyl groups excluding tert-OH is 1. The molecule has 5 N–H and O–H groups in total. The topological polar surface area (TPSA) is 96.1 Å². The van der Waals surface area contributed by atoms with Gasteiger partial charge in [-0.3, -0.25) is 0 Å². The van der Waals surface area contributed by atoms with E-state index in [0.717, 1.165) is 6.42 Å². The zero-order valence-electron chi connectivity index (χ0n) is 11.0. The Bertz CT molecular complexity index is 352. The summed E-state index contributed by atoms with van der Waals surface area (Å²) in [4.78, 5) is 8.44. The van der Waals surface area contributed by atoms with Crippen molar-refractivity contribution in [1.29, 1.82) is 0 Å². The normalized spacial score (nSPS) is 12.6. The van der Waals surface area contributed by atoms with Crippen LogP contribution in [0.3, 0.4) is 0 Å². The van der Waals surface area contributed by atoms with Gasteiger partial charge >= 0.3 is 0 Å². The molecule has 0 saturated carbocycles. The first-order chi connectivity index (χ1) is 8.55. The Kier molecular flexibility index (Phi) is 6.17. The Morgan fingerprint density at radius 3 is 2.61 bits per heavy atom. The molecule has 0 spiro atoms. The quantitative estimate of drug-likeness (QED) is 0.257. The molecule has 0 amide bonds. The van der Waals surface area contributed by atoms with Crippen molar-refractivity contribution in [3.8, 4) is 0 Å². The molecule has 0 saturated heterocycles. The number of nitrogens with one attached hydrogen (secondary N) is 2. The minimum Gasteiger partial charge on any atom is -0.391 e. The van der Waals surface area contributed by atoms with E-state index in [2.05, 4.69) is 34.6 Å². The zero-order valence-corrected chi connectivity index (χ0v) is 11.8. The summed E-state index contributed by atoms with van der Waals surface area (Å²) in [6.45, 7) is 4.62. The van der Waals surface area contributed by atoms with Crippen LogP contribution >= 0.6 is 11.8 Å². The zero-order chi connectivity index (χ0) is 13.5. The lowest BCUT2D eigenvalue weighted by Gasteiger charge is -2.14. The number of rotatable bonds is 7. The van der Waals surface area contributed by atoms with Crippen molar-refractivity contribution < 1.29 is 5.11 Å². The summed E-state index contributed by atoms with van der Waals surface area (Å²) in [5, 5.41) is 13.5. The number of nitrogens with two attached hydrogens (primary N) is 1. The third kappa shape index (κ3) is 5.07. The van der Waals surface area contributed by atoms with Crippen LogP contribution in [0, 0.1) is 5.92 Å². The van der Waals surface area contributed by atoms with Crippen LogP contribution in [-0.2, 0) is 0 Å². The number of hydrogen-bond acceptors (Lipinski definition) is 7. The smallest absolute Gasteiger partial charge is 0.191 e. The van der Waals surface area contributed by atoms with Gasteiger partial charge in [0.05, 0.1) is 6.10 Å². The molecule has 18 heavy (non-hydrogen) atoms. The summed E-state index contributed by atoms with van der Waals surface area (Å²) in [5.41, 5.74) is 2.49. The highest BCUT2D eigenvalue weighted by molar-refractivity contribution is 7.98. The number of aliphatic hydroxyl groups is 1. The van der Waals surface area contributed by atoms with Gasteiger partial charge in [0.15, 0.2) is 5.16 Å². The van der Waals surface area contributed by atoms with E-state index < -0.39 is 0 Å². The fraction of sp³-hybridized carbons (Fsp3) is 0.636. The summed E-state index contributed by atoms with van der Waals surface area (Å²) < 4.78 is 0. The van der Waals surface area contributed by atoms with Crippen LogP contribution in [0.15, 0.2) is 11.2 Å². The van der Waals surface area contributed by atoms with Crippen LogP contribution in [0.1, 0.15) is 20.3 Å². The summed E-state index contributed by atoms with van der Waals surface area (Å²) in [5.74, 6) is 7.01. The first kappa shape index (κ1) is 15.0. The summed E-state index contributed by atoms with van der Waals surface area (Å²) in [6.07, 6.45) is 2.27. The van der Waals surface area contributed by atoms with Gasteiger partial charge in [0.2, 0.25) is 0 Å². The molecule has 0 aliphatic carbocycles. The molecule has 0 aliphatic heterocycles. The number of nitrogen functional groups attached to an aromatic ring is 1. The Balaban J connectivity index is 2.60. The minimum absolute atomic E-state index is 0.382. The van der Waals surface area contributed by atoms with Gasteiger partial charge in [-0.25, -0.2) is 15.8 Å². The van der Waals surface area contributed by atoms with Gasteiger partial charge in [-0.2, -0.15) is 0 Å². The van der Waals surface area contributed by atoms with Crippen molar-refractivity contribution >= 4 is 23.4 Å². The first-order valence-corrected chi connectivity index (χ1v) is 7.09. The van der Waals surface area contributed by atoms with Crippen LogP contribution in [-0.4, -0.2) is 34.0 Å². The van der Waals surface area contributed by atoms with E-state index in [-0.39, 0.29) is 6.10 Å². The van der Waals surface area contributed by atoms with Gasteiger partial charge in [-0.05, 0) is 18.6 Å². The third-order valence-corrected chi connectivity index (χ3v) is 2.85. The maximum atomic E-state index is 9.78. The molecule has 1 unspecified atom stereocenters. The fourth-order valence-electron chi connectivity index (χ4n) is 1.53. The molecule has 0 fully saturated rings.